The molecule has 0 aromatic heterocycles. The average Bonchev–Trinajstić information content (AvgIpc) is 2.32. The number of carboxylic acid groups (broad SMARTS) is 1. The van der Waals surface area contributed by atoms with Gasteiger partial charge in [-0.25, -0.2) is 4.79 Å². The summed E-state index contributed by atoms with van der Waals surface area (Å²) in [5.74, 6) is -0.189. The fraction of sp³-hybridized carbons (Fsp3) is 0.385. The Bertz CT molecular complexity index is 486. The molecule has 0 atom stereocenters. The van der Waals surface area contributed by atoms with E-state index in [2.05, 4.69) is 10.6 Å². The molecule has 0 bridgehead atoms. The number of urea groups is 1. The highest BCUT2D eigenvalue weighted by Crippen LogP contribution is 2.25. The maximum absolute atomic E-state index is 11.6. The van der Waals surface area contributed by atoms with Gasteiger partial charge in [0.05, 0.1) is 13.5 Å². The van der Waals surface area contributed by atoms with Crippen LogP contribution in [-0.2, 0) is 4.79 Å². The quantitative estimate of drug-likeness (QED) is 0.759. The van der Waals surface area contributed by atoms with Gasteiger partial charge in [-0.05, 0) is 37.1 Å². The monoisotopic (exact) mass is 266 g/mol. The summed E-state index contributed by atoms with van der Waals surface area (Å²) in [5, 5.41) is 13.6. The number of methoxy groups -OCH3 is 1. The van der Waals surface area contributed by atoms with Crippen LogP contribution in [0.3, 0.4) is 0 Å². The summed E-state index contributed by atoms with van der Waals surface area (Å²) in [5.41, 5.74) is 2.45. The second-order valence-electron chi connectivity index (χ2n) is 4.16. The zero-order chi connectivity index (χ0) is 14.4. The van der Waals surface area contributed by atoms with E-state index in [-0.39, 0.29) is 13.0 Å². The second kappa shape index (κ2) is 6.63. The molecular weight excluding hydrogens is 248 g/mol. The number of nitrogens with one attached hydrogen (secondary N) is 2. The number of carboxylic acids is 1. The molecule has 1 aromatic rings. The number of anilines is 1. The van der Waals surface area contributed by atoms with Crippen LogP contribution in [0, 0.1) is 13.8 Å². The van der Waals surface area contributed by atoms with E-state index in [4.69, 9.17) is 9.84 Å². The molecule has 0 saturated heterocycles. The molecule has 0 spiro atoms. The maximum Gasteiger partial charge on any atom is 0.319 e. The number of carbonyl (C=O) groups excluding carboxylic acids is 1. The molecule has 104 valence electrons. The van der Waals surface area contributed by atoms with Gasteiger partial charge in [0.15, 0.2) is 0 Å². The largest absolute Gasteiger partial charge is 0.496 e. The summed E-state index contributed by atoms with van der Waals surface area (Å²) in [6.07, 6.45) is -0.103. The van der Waals surface area contributed by atoms with Crippen LogP contribution in [-0.4, -0.2) is 30.8 Å². The lowest BCUT2D eigenvalue weighted by molar-refractivity contribution is -0.136. The molecule has 0 aliphatic heterocycles. The van der Waals surface area contributed by atoms with Crippen LogP contribution in [0.15, 0.2) is 12.1 Å². The van der Waals surface area contributed by atoms with Gasteiger partial charge in [-0.15, -0.1) is 0 Å². The molecule has 1 rings (SSSR count). The van der Waals surface area contributed by atoms with Gasteiger partial charge >= 0.3 is 12.0 Å². The van der Waals surface area contributed by atoms with Crippen LogP contribution in [0.1, 0.15) is 17.5 Å². The normalized spacial score (nSPS) is 9.84. The minimum absolute atomic E-state index is 0.0926. The predicted octanol–water partition coefficient (Wildman–Crippen LogP) is 1.91. The highest BCUT2D eigenvalue weighted by atomic mass is 16.5. The molecule has 0 unspecified atom stereocenters. The minimum atomic E-state index is -0.947. The first-order chi connectivity index (χ1) is 8.93. The predicted molar refractivity (Wildman–Crippen MR) is 71.7 cm³/mol. The molecule has 6 heteroatoms. The topological polar surface area (TPSA) is 87.7 Å². The average molecular weight is 266 g/mol. The summed E-state index contributed by atoms with van der Waals surface area (Å²) in [4.78, 5) is 21.9. The van der Waals surface area contributed by atoms with Gasteiger partial charge in [0.25, 0.3) is 0 Å². The van der Waals surface area contributed by atoms with E-state index in [0.29, 0.717) is 5.69 Å². The first kappa shape index (κ1) is 14.8. The Morgan fingerprint density at radius 2 is 1.95 bits per heavy atom. The van der Waals surface area contributed by atoms with Crippen LogP contribution in [0.25, 0.3) is 0 Å². The molecule has 1 aromatic carbocycles. The van der Waals surface area contributed by atoms with E-state index in [1.807, 2.05) is 26.0 Å². The van der Waals surface area contributed by atoms with Crippen molar-refractivity contribution in [2.24, 2.45) is 0 Å². The second-order valence-corrected chi connectivity index (χ2v) is 4.16. The summed E-state index contributed by atoms with van der Waals surface area (Å²) < 4.78 is 5.18. The smallest absolute Gasteiger partial charge is 0.319 e. The Morgan fingerprint density at radius 3 is 2.53 bits per heavy atom. The number of aryl methyl sites for hydroxylation is 2. The number of aliphatic carboxylic acids is 1. The number of hydrogen-bond donors (Lipinski definition) is 3. The van der Waals surface area contributed by atoms with Gasteiger partial charge in [0.1, 0.15) is 5.75 Å². The van der Waals surface area contributed by atoms with Gasteiger partial charge in [-0.1, -0.05) is 0 Å². The molecule has 0 radical (unpaired) electrons. The summed E-state index contributed by atoms with van der Waals surface area (Å²) in [6, 6.07) is 3.22. The van der Waals surface area contributed by atoms with Gasteiger partial charge in [-0.3, -0.25) is 4.79 Å². The fourth-order valence-electron chi connectivity index (χ4n) is 1.59. The molecule has 19 heavy (non-hydrogen) atoms. The Labute approximate surface area is 111 Å². The third-order valence-corrected chi connectivity index (χ3v) is 2.61. The van der Waals surface area contributed by atoms with Gasteiger partial charge in [0, 0.05) is 12.2 Å². The van der Waals surface area contributed by atoms with Crippen molar-refractivity contribution in [1.82, 2.24) is 5.32 Å². The standard InChI is InChI=1S/C13H18N2O4/c1-8-7-11(19-3)9(2)6-10(8)15-13(18)14-5-4-12(16)17/h6-7H,4-5H2,1-3H3,(H,16,17)(H2,14,15,18). The molecule has 2 amide bonds. The van der Waals surface area contributed by atoms with E-state index in [1.165, 1.54) is 0 Å². The number of ether oxygens (including phenoxy) is 1. The Kier molecular flexibility index (Phi) is 5.17. The van der Waals surface area contributed by atoms with Crippen LogP contribution >= 0.6 is 0 Å². The number of carbonyl (C=O) groups is 2. The number of amides is 2. The SMILES string of the molecule is COc1cc(C)c(NC(=O)NCCC(=O)O)cc1C. The molecule has 0 aliphatic carbocycles. The van der Waals surface area contributed by atoms with Crippen molar-refractivity contribution < 1.29 is 19.4 Å². The molecule has 0 saturated carbocycles. The van der Waals surface area contributed by atoms with E-state index < -0.39 is 12.0 Å². The van der Waals surface area contributed by atoms with Gasteiger partial charge < -0.3 is 20.5 Å². The fourth-order valence-corrected chi connectivity index (χ4v) is 1.59. The van der Waals surface area contributed by atoms with Crippen LogP contribution in [0.2, 0.25) is 0 Å². The number of hydrogen-bond acceptors (Lipinski definition) is 3. The van der Waals surface area contributed by atoms with Crippen LogP contribution < -0.4 is 15.4 Å². The Hall–Kier alpha value is -2.24. The molecule has 3 N–H and O–H groups in total. The number of benzene rings is 1. The first-order valence-corrected chi connectivity index (χ1v) is 5.86. The van der Waals surface area contributed by atoms with Gasteiger partial charge in [0.2, 0.25) is 0 Å². The van der Waals surface area contributed by atoms with Crippen molar-refractivity contribution in [3.05, 3.63) is 23.3 Å². The highest BCUT2D eigenvalue weighted by molar-refractivity contribution is 5.90. The van der Waals surface area contributed by atoms with Crippen molar-refractivity contribution in [3.8, 4) is 5.75 Å². The van der Waals surface area contributed by atoms with E-state index in [1.54, 1.807) is 7.11 Å². The third-order valence-electron chi connectivity index (χ3n) is 2.61. The lowest BCUT2D eigenvalue weighted by atomic mass is 10.1. The molecule has 0 heterocycles. The molecule has 0 aliphatic rings. The van der Waals surface area contributed by atoms with Crippen molar-refractivity contribution in [2.45, 2.75) is 20.3 Å². The van der Waals surface area contributed by atoms with E-state index in [9.17, 15) is 9.59 Å². The van der Waals surface area contributed by atoms with Crippen LogP contribution in [0.4, 0.5) is 10.5 Å². The number of rotatable bonds is 5. The Morgan fingerprint density at radius 1 is 1.26 bits per heavy atom. The zero-order valence-electron chi connectivity index (χ0n) is 11.2. The van der Waals surface area contributed by atoms with Crippen molar-refractivity contribution in [2.75, 3.05) is 19.0 Å². The maximum atomic E-state index is 11.6. The lowest BCUT2D eigenvalue weighted by Crippen LogP contribution is -2.30. The Balaban J connectivity index is 2.64. The van der Waals surface area contributed by atoms with Crippen molar-refractivity contribution in [3.63, 3.8) is 0 Å². The van der Waals surface area contributed by atoms with E-state index >= 15 is 0 Å². The van der Waals surface area contributed by atoms with Crippen molar-refractivity contribution in [1.29, 1.82) is 0 Å². The zero-order valence-corrected chi connectivity index (χ0v) is 11.2. The van der Waals surface area contributed by atoms with Crippen LogP contribution in [0.5, 0.6) is 5.75 Å². The molecular formula is C13H18N2O4. The summed E-state index contributed by atoms with van der Waals surface area (Å²) >= 11 is 0. The lowest BCUT2D eigenvalue weighted by Gasteiger charge is -2.12. The third kappa shape index (κ3) is 4.50. The van der Waals surface area contributed by atoms with Crippen molar-refractivity contribution >= 4 is 17.7 Å². The van der Waals surface area contributed by atoms with Gasteiger partial charge in [-0.2, -0.15) is 0 Å². The van der Waals surface area contributed by atoms with E-state index in [0.717, 1.165) is 16.9 Å². The minimum Gasteiger partial charge on any atom is -0.496 e. The molecule has 6 nitrogen and oxygen atoms in total. The molecule has 0 fully saturated rings. The first-order valence-electron chi connectivity index (χ1n) is 5.86. The summed E-state index contributed by atoms with van der Waals surface area (Å²) in [6.45, 7) is 3.83. The highest BCUT2D eigenvalue weighted by Gasteiger charge is 2.08. The summed E-state index contributed by atoms with van der Waals surface area (Å²) in [7, 11) is 1.59.